The summed E-state index contributed by atoms with van der Waals surface area (Å²) in [7, 11) is -1.64. The van der Waals surface area contributed by atoms with Gasteiger partial charge in [-0.3, -0.25) is 9.89 Å². The molecule has 8 nitrogen and oxygen atoms in total. The van der Waals surface area contributed by atoms with Crippen LogP contribution >= 0.6 is 24.0 Å². The Morgan fingerprint density at radius 2 is 1.79 bits per heavy atom. The van der Waals surface area contributed by atoms with Gasteiger partial charge in [0.05, 0.1) is 11.9 Å². The van der Waals surface area contributed by atoms with Crippen molar-refractivity contribution in [1.82, 2.24) is 20.3 Å². The summed E-state index contributed by atoms with van der Waals surface area (Å²) in [6.45, 7) is 11.8. The van der Waals surface area contributed by atoms with E-state index >= 15 is 0 Å². The van der Waals surface area contributed by atoms with Crippen LogP contribution in [0.1, 0.15) is 47.0 Å². The van der Waals surface area contributed by atoms with E-state index in [0.29, 0.717) is 31.1 Å². The molecule has 1 rings (SSSR count). The standard InChI is InChI=1S/C18H39N5O3S.HI/c1-15(2)23(16(3)4)11-9-20-18(19-5)21-10-13-27(24,25)22-14-17-8-6-7-12-26-17;/h15-17,22H,6-14H2,1-5H3,(H2,19,20,21);1H. The smallest absolute Gasteiger partial charge is 0.213 e. The Morgan fingerprint density at radius 1 is 1.14 bits per heavy atom. The number of sulfonamides is 1. The van der Waals surface area contributed by atoms with Gasteiger partial charge in [0.15, 0.2) is 5.96 Å². The van der Waals surface area contributed by atoms with E-state index in [1.165, 1.54) is 0 Å². The van der Waals surface area contributed by atoms with Crippen LogP contribution in [0.2, 0.25) is 0 Å². The molecule has 0 saturated carbocycles. The Morgan fingerprint density at radius 3 is 2.32 bits per heavy atom. The van der Waals surface area contributed by atoms with Crippen molar-refractivity contribution in [2.45, 2.75) is 65.1 Å². The van der Waals surface area contributed by atoms with Gasteiger partial charge in [-0.25, -0.2) is 13.1 Å². The van der Waals surface area contributed by atoms with Crippen LogP contribution in [0.25, 0.3) is 0 Å². The van der Waals surface area contributed by atoms with Crippen molar-refractivity contribution >= 4 is 40.0 Å². The quantitative estimate of drug-likeness (QED) is 0.211. The first kappa shape index (κ1) is 27.8. The highest BCUT2D eigenvalue weighted by Crippen LogP contribution is 2.11. The molecule has 0 amide bonds. The highest BCUT2D eigenvalue weighted by Gasteiger charge is 2.18. The summed E-state index contributed by atoms with van der Waals surface area (Å²) >= 11 is 0. The fourth-order valence-corrected chi connectivity index (χ4v) is 4.16. The molecule has 0 bridgehead atoms. The minimum Gasteiger partial charge on any atom is -0.377 e. The van der Waals surface area contributed by atoms with Crippen LogP contribution in [0.15, 0.2) is 4.99 Å². The van der Waals surface area contributed by atoms with Crippen molar-refractivity contribution in [3.63, 3.8) is 0 Å². The number of guanidine groups is 1. The monoisotopic (exact) mass is 533 g/mol. The molecule has 1 aliphatic rings. The molecule has 1 fully saturated rings. The van der Waals surface area contributed by atoms with E-state index in [9.17, 15) is 8.42 Å². The van der Waals surface area contributed by atoms with Gasteiger partial charge in [0.25, 0.3) is 0 Å². The van der Waals surface area contributed by atoms with E-state index in [4.69, 9.17) is 4.74 Å². The van der Waals surface area contributed by atoms with Crippen LogP contribution in [0, 0.1) is 0 Å². The van der Waals surface area contributed by atoms with Crippen molar-refractivity contribution in [3.8, 4) is 0 Å². The third kappa shape index (κ3) is 11.7. The average molecular weight is 534 g/mol. The maximum atomic E-state index is 12.1. The normalized spacial score (nSPS) is 18.4. The van der Waals surface area contributed by atoms with Gasteiger partial charge in [0.1, 0.15) is 0 Å². The van der Waals surface area contributed by atoms with E-state index in [2.05, 4.69) is 52.9 Å². The van der Waals surface area contributed by atoms with Gasteiger partial charge in [0.2, 0.25) is 10.0 Å². The topological polar surface area (TPSA) is 95.1 Å². The molecular formula is C18H40IN5O3S. The van der Waals surface area contributed by atoms with Crippen LogP contribution in [-0.2, 0) is 14.8 Å². The van der Waals surface area contributed by atoms with Crippen molar-refractivity contribution in [2.24, 2.45) is 4.99 Å². The maximum Gasteiger partial charge on any atom is 0.213 e. The largest absolute Gasteiger partial charge is 0.377 e. The summed E-state index contributed by atoms with van der Waals surface area (Å²) in [6.07, 6.45) is 3.08. The van der Waals surface area contributed by atoms with Gasteiger partial charge in [-0.15, -0.1) is 24.0 Å². The number of nitrogens with one attached hydrogen (secondary N) is 3. The van der Waals surface area contributed by atoms with Crippen molar-refractivity contribution < 1.29 is 13.2 Å². The van der Waals surface area contributed by atoms with Crippen LogP contribution < -0.4 is 15.4 Å². The Hall–Kier alpha value is -0.170. The molecule has 0 aliphatic carbocycles. The lowest BCUT2D eigenvalue weighted by Crippen LogP contribution is -2.46. The molecule has 0 aromatic carbocycles. The molecule has 1 heterocycles. The van der Waals surface area contributed by atoms with Gasteiger partial charge >= 0.3 is 0 Å². The SMILES string of the molecule is CN=C(NCCN(C(C)C)C(C)C)NCCS(=O)(=O)NCC1CCCCO1.I. The summed E-state index contributed by atoms with van der Waals surface area (Å²) < 4.78 is 32.4. The summed E-state index contributed by atoms with van der Waals surface area (Å²) in [6, 6.07) is 0.956. The maximum absolute atomic E-state index is 12.1. The van der Waals surface area contributed by atoms with Crippen molar-refractivity contribution in [2.75, 3.05) is 45.6 Å². The number of hydrogen-bond donors (Lipinski definition) is 3. The summed E-state index contributed by atoms with van der Waals surface area (Å²) in [4.78, 5) is 6.55. The Kier molecular flexibility index (Phi) is 14.7. The van der Waals surface area contributed by atoms with Gasteiger partial charge in [0, 0.05) is 51.9 Å². The first-order chi connectivity index (χ1) is 12.7. The molecule has 1 atom stereocenters. The van der Waals surface area contributed by atoms with Gasteiger partial charge in [-0.05, 0) is 47.0 Å². The van der Waals surface area contributed by atoms with E-state index < -0.39 is 10.0 Å². The lowest BCUT2D eigenvalue weighted by Gasteiger charge is -2.30. The van der Waals surface area contributed by atoms with E-state index in [0.717, 1.165) is 39.0 Å². The minimum absolute atomic E-state index is 0. The first-order valence-electron chi connectivity index (χ1n) is 10.0. The second-order valence-electron chi connectivity index (χ2n) is 7.51. The minimum atomic E-state index is -3.32. The molecule has 0 aromatic heterocycles. The lowest BCUT2D eigenvalue weighted by molar-refractivity contribution is 0.0200. The molecule has 1 aliphatic heterocycles. The highest BCUT2D eigenvalue weighted by molar-refractivity contribution is 14.0. The number of halogens is 1. The lowest BCUT2D eigenvalue weighted by atomic mass is 10.1. The fraction of sp³-hybridized carbons (Fsp3) is 0.944. The molecule has 3 N–H and O–H groups in total. The number of ether oxygens (including phenoxy) is 1. The molecule has 1 unspecified atom stereocenters. The Bertz CT molecular complexity index is 529. The van der Waals surface area contributed by atoms with Gasteiger partial charge < -0.3 is 15.4 Å². The predicted molar refractivity (Wildman–Crippen MR) is 127 cm³/mol. The number of nitrogens with zero attached hydrogens (tertiary/aromatic N) is 2. The fourth-order valence-electron chi connectivity index (χ4n) is 3.20. The number of hydrogen-bond acceptors (Lipinski definition) is 5. The zero-order chi connectivity index (χ0) is 20.3. The molecule has 0 radical (unpaired) electrons. The highest BCUT2D eigenvalue weighted by atomic mass is 127. The van der Waals surface area contributed by atoms with E-state index in [1.807, 2.05) is 0 Å². The van der Waals surface area contributed by atoms with Gasteiger partial charge in [-0.2, -0.15) is 0 Å². The molecule has 0 aromatic rings. The number of aliphatic imine (C=N–C) groups is 1. The first-order valence-corrected chi connectivity index (χ1v) is 11.7. The Balaban J connectivity index is 0.00000729. The van der Waals surface area contributed by atoms with Crippen LogP contribution in [0.3, 0.4) is 0 Å². The van der Waals surface area contributed by atoms with E-state index in [-0.39, 0.29) is 35.8 Å². The zero-order valence-corrected chi connectivity index (χ0v) is 21.2. The second-order valence-corrected chi connectivity index (χ2v) is 9.43. The third-order valence-corrected chi connectivity index (χ3v) is 6.03. The van der Waals surface area contributed by atoms with Gasteiger partial charge in [-0.1, -0.05) is 0 Å². The van der Waals surface area contributed by atoms with Crippen LogP contribution in [0.4, 0.5) is 0 Å². The summed E-state index contributed by atoms with van der Waals surface area (Å²) in [5.41, 5.74) is 0. The molecule has 10 heteroatoms. The average Bonchev–Trinajstić information content (AvgIpc) is 2.62. The van der Waals surface area contributed by atoms with Crippen LogP contribution in [0.5, 0.6) is 0 Å². The summed E-state index contributed by atoms with van der Waals surface area (Å²) in [5.74, 6) is 0.623. The zero-order valence-electron chi connectivity index (χ0n) is 18.0. The van der Waals surface area contributed by atoms with Crippen molar-refractivity contribution in [1.29, 1.82) is 0 Å². The van der Waals surface area contributed by atoms with Crippen molar-refractivity contribution in [3.05, 3.63) is 0 Å². The molecule has 28 heavy (non-hydrogen) atoms. The molecular weight excluding hydrogens is 493 g/mol. The van der Waals surface area contributed by atoms with E-state index in [1.54, 1.807) is 7.05 Å². The predicted octanol–water partition coefficient (Wildman–Crippen LogP) is 1.38. The molecule has 1 saturated heterocycles. The second kappa shape index (κ2) is 14.8. The van der Waals surface area contributed by atoms with Crippen LogP contribution in [-0.4, -0.2) is 83.1 Å². The third-order valence-electron chi connectivity index (χ3n) is 4.68. The molecule has 168 valence electrons. The Labute approximate surface area is 188 Å². The molecule has 0 spiro atoms. The summed E-state index contributed by atoms with van der Waals surface area (Å²) in [5, 5.41) is 6.31. The number of rotatable bonds is 11.